The predicted molar refractivity (Wildman–Crippen MR) is 90.9 cm³/mol. The van der Waals surface area contributed by atoms with Gasteiger partial charge in [-0.2, -0.15) is 0 Å². The third kappa shape index (κ3) is 5.13. The zero-order chi connectivity index (χ0) is 15.1. The molecule has 1 aromatic heterocycles. The van der Waals surface area contributed by atoms with Crippen molar-refractivity contribution in [3.8, 4) is 0 Å². The Balaban J connectivity index is 1.85. The van der Waals surface area contributed by atoms with Gasteiger partial charge in [-0.25, -0.2) is 4.98 Å². The van der Waals surface area contributed by atoms with Gasteiger partial charge in [0, 0.05) is 26.7 Å². The molecule has 0 saturated carbocycles. The fourth-order valence-corrected chi connectivity index (χ4v) is 2.71. The molecular formula is C15H24N4OS. The summed E-state index contributed by atoms with van der Waals surface area (Å²) in [5, 5.41) is 6.79. The molecule has 1 aromatic rings. The third-order valence-corrected chi connectivity index (χ3v) is 3.82. The average Bonchev–Trinajstić information content (AvgIpc) is 2.48. The van der Waals surface area contributed by atoms with E-state index in [2.05, 4.69) is 33.5 Å². The number of thiocarbonyl (C=S) groups is 1. The van der Waals surface area contributed by atoms with Crippen molar-refractivity contribution in [2.24, 2.45) is 5.92 Å². The van der Waals surface area contributed by atoms with E-state index in [0.29, 0.717) is 18.3 Å². The van der Waals surface area contributed by atoms with Gasteiger partial charge in [0.15, 0.2) is 5.11 Å². The van der Waals surface area contributed by atoms with E-state index in [1.165, 1.54) is 12.8 Å². The predicted octanol–water partition coefficient (Wildman–Crippen LogP) is 2.25. The van der Waals surface area contributed by atoms with Crippen molar-refractivity contribution < 1.29 is 4.74 Å². The van der Waals surface area contributed by atoms with E-state index < -0.39 is 0 Å². The van der Waals surface area contributed by atoms with Crippen LogP contribution in [-0.2, 0) is 4.74 Å². The maximum Gasteiger partial charge on any atom is 0.170 e. The molecule has 1 aliphatic rings. The molecule has 5 nitrogen and oxygen atoms in total. The van der Waals surface area contributed by atoms with Gasteiger partial charge in [0.05, 0.1) is 18.5 Å². The zero-order valence-electron chi connectivity index (χ0n) is 12.8. The molecule has 1 aliphatic heterocycles. The Bertz CT molecular complexity index is 451. The third-order valence-electron chi connectivity index (χ3n) is 3.58. The highest BCUT2D eigenvalue weighted by atomic mass is 32.1. The highest BCUT2D eigenvalue weighted by Crippen LogP contribution is 2.21. The van der Waals surface area contributed by atoms with E-state index in [1.807, 2.05) is 12.3 Å². The Labute approximate surface area is 132 Å². The molecule has 1 fully saturated rings. The monoisotopic (exact) mass is 308 g/mol. The first-order chi connectivity index (χ1) is 10.2. The smallest absolute Gasteiger partial charge is 0.170 e. The lowest BCUT2D eigenvalue weighted by Crippen LogP contribution is -2.34. The molecule has 2 N–H and O–H groups in total. The minimum absolute atomic E-state index is 0.591. The largest absolute Gasteiger partial charge is 0.383 e. The van der Waals surface area contributed by atoms with Crippen molar-refractivity contribution in [3.05, 3.63) is 18.3 Å². The maximum absolute atomic E-state index is 5.21. The summed E-state index contributed by atoms with van der Waals surface area (Å²) in [6, 6.07) is 4.07. The summed E-state index contributed by atoms with van der Waals surface area (Å²) >= 11 is 5.21. The molecule has 2 rings (SSSR count). The standard InChI is InChI=1S/C15H24N4OS/c1-12-4-3-8-19(11-12)14-6-5-13(10-17-14)18-15(21)16-7-9-20-2/h5-6,10,12H,3-4,7-9,11H2,1-2H3,(H2,16,18,21). The number of rotatable bonds is 5. The van der Waals surface area contributed by atoms with Crippen molar-refractivity contribution in [2.75, 3.05) is 43.6 Å². The number of nitrogens with one attached hydrogen (secondary N) is 2. The topological polar surface area (TPSA) is 49.4 Å². The number of anilines is 2. The molecule has 0 aliphatic carbocycles. The number of piperidine rings is 1. The van der Waals surface area contributed by atoms with Crippen LogP contribution >= 0.6 is 12.2 Å². The lowest BCUT2D eigenvalue weighted by molar-refractivity contribution is 0.204. The summed E-state index contributed by atoms with van der Waals surface area (Å²) in [6.45, 7) is 5.82. The molecule has 0 aromatic carbocycles. The number of aromatic nitrogens is 1. The summed E-state index contributed by atoms with van der Waals surface area (Å²) in [7, 11) is 1.67. The first-order valence-electron chi connectivity index (χ1n) is 7.44. The lowest BCUT2D eigenvalue weighted by Gasteiger charge is -2.31. The quantitative estimate of drug-likeness (QED) is 0.643. The Morgan fingerprint density at radius 2 is 2.38 bits per heavy atom. The summed E-state index contributed by atoms with van der Waals surface area (Å²) < 4.78 is 4.97. The van der Waals surface area contributed by atoms with E-state index in [9.17, 15) is 0 Å². The van der Waals surface area contributed by atoms with Crippen LogP contribution in [0.1, 0.15) is 19.8 Å². The molecule has 21 heavy (non-hydrogen) atoms. The number of ether oxygens (including phenoxy) is 1. The van der Waals surface area contributed by atoms with Crippen LogP contribution in [0.15, 0.2) is 18.3 Å². The second-order valence-corrected chi connectivity index (χ2v) is 5.88. The normalized spacial score (nSPS) is 18.4. The molecule has 1 saturated heterocycles. The number of methoxy groups -OCH3 is 1. The van der Waals surface area contributed by atoms with Gasteiger partial charge in [0.1, 0.15) is 5.82 Å². The number of nitrogens with zero attached hydrogens (tertiary/aromatic N) is 2. The van der Waals surface area contributed by atoms with Gasteiger partial charge in [-0.15, -0.1) is 0 Å². The van der Waals surface area contributed by atoms with Crippen LogP contribution in [0, 0.1) is 5.92 Å². The number of pyridine rings is 1. The van der Waals surface area contributed by atoms with E-state index in [0.717, 1.165) is 30.5 Å². The molecule has 2 heterocycles. The van der Waals surface area contributed by atoms with E-state index in [-0.39, 0.29) is 0 Å². The van der Waals surface area contributed by atoms with Crippen molar-refractivity contribution in [3.63, 3.8) is 0 Å². The SMILES string of the molecule is COCCNC(=S)Nc1ccc(N2CCCC(C)C2)nc1. The summed E-state index contributed by atoms with van der Waals surface area (Å²) in [5.41, 5.74) is 0.902. The van der Waals surface area contributed by atoms with Crippen molar-refractivity contribution in [2.45, 2.75) is 19.8 Å². The minimum atomic E-state index is 0.591. The lowest BCUT2D eigenvalue weighted by atomic mass is 10.0. The summed E-state index contributed by atoms with van der Waals surface area (Å²) in [5.74, 6) is 1.79. The van der Waals surface area contributed by atoms with Crippen molar-refractivity contribution in [1.82, 2.24) is 10.3 Å². The molecule has 0 amide bonds. The van der Waals surface area contributed by atoms with E-state index in [4.69, 9.17) is 17.0 Å². The number of hydrogen-bond acceptors (Lipinski definition) is 4. The van der Waals surface area contributed by atoms with Gasteiger partial charge in [-0.05, 0) is 43.1 Å². The van der Waals surface area contributed by atoms with Gasteiger partial charge in [-0.1, -0.05) is 6.92 Å². The first-order valence-corrected chi connectivity index (χ1v) is 7.84. The van der Waals surface area contributed by atoms with Gasteiger partial charge in [-0.3, -0.25) is 0 Å². The van der Waals surface area contributed by atoms with E-state index in [1.54, 1.807) is 7.11 Å². The van der Waals surface area contributed by atoms with Crippen LogP contribution in [0.2, 0.25) is 0 Å². The van der Waals surface area contributed by atoms with Crippen LogP contribution in [0.3, 0.4) is 0 Å². The van der Waals surface area contributed by atoms with E-state index >= 15 is 0 Å². The Morgan fingerprint density at radius 1 is 1.52 bits per heavy atom. The Hall–Kier alpha value is -1.40. The molecule has 116 valence electrons. The Morgan fingerprint density at radius 3 is 3.05 bits per heavy atom. The molecule has 0 bridgehead atoms. The van der Waals surface area contributed by atoms with Crippen LogP contribution < -0.4 is 15.5 Å². The molecule has 1 atom stereocenters. The second kappa shape index (κ2) is 8.14. The van der Waals surface area contributed by atoms with Crippen molar-refractivity contribution >= 4 is 28.8 Å². The molecule has 0 spiro atoms. The molecular weight excluding hydrogens is 284 g/mol. The first kappa shape index (κ1) is 16.0. The van der Waals surface area contributed by atoms with Crippen LogP contribution in [-0.4, -0.2) is 43.4 Å². The number of hydrogen-bond donors (Lipinski definition) is 2. The van der Waals surface area contributed by atoms with Crippen LogP contribution in [0.5, 0.6) is 0 Å². The highest BCUT2D eigenvalue weighted by Gasteiger charge is 2.17. The summed E-state index contributed by atoms with van der Waals surface area (Å²) in [4.78, 5) is 6.89. The highest BCUT2D eigenvalue weighted by molar-refractivity contribution is 7.80. The van der Waals surface area contributed by atoms with Gasteiger partial charge < -0.3 is 20.3 Å². The van der Waals surface area contributed by atoms with Crippen molar-refractivity contribution in [1.29, 1.82) is 0 Å². The Kier molecular flexibility index (Phi) is 6.20. The van der Waals surface area contributed by atoms with Gasteiger partial charge in [0.25, 0.3) is 0 Å². The fourth-order valence-electron chi connectivity index (χ4n) is 2.49. The van der Waals surface area contributed by atoms with Crippen LogP contribution in [0.4, 0.5) is 11.5 Å². The molecule has 6 heteroatoms. The molecule has 1 unspecified atom stereocenters. The summed E-state index contributed by atoms with van der Waals surface area (Å²) in [6.07, 6.45) is 4.40. The van der Waals surface area contributed by atoms with Crippen LogP contribution in [0.25, 0.3) is 0 Å². The fraction of sp³-hybridized carbons (Fsp3) is 0.600. The zero-order valence-corrected chi connectivity index (χ0v) is 13.6. The second-order valence-electron chi connectivity index (χ2n) is 5.47. The molecule has 0 radical (unpaired) electrons. The van der Waals surface area contributed by atoms with Gasteiger partial charge >= 0.3 is 0 Å². The maximum atomic E-state index is 5.21. The average molecular weight is 308 g/mol. The minimum Gasteiger partial charge on any atom is -0.383 e. The van der Waals surface area contributed by atoms with Gasteiger partial charge in [0.2, 0.25) is 0 Å².